The smallest absolute Gasteiger partial charge is 0.146 e. The number of ether oxygens (including phenoxy) is 2. The van der Waals surface area contributed by atoms with Crippen LogP contribution < -0.4 is 15.8 Å². The molecular formula is C12H19N3O3. The fourth-order valence-electron chi connectivity index (χ4n) is 2.03. The molecule has 0 spiro atoms. The molecule has 6 heteroatoms. The summed E-state index contributed by atoms with van der Waals surface area (Å²) in [6, 6.07) is 5.61. The SMILES string of the molecule is COc1ccc(CN2CCOCC2)cc1N(N)O. The topological polar surface area (TPSA) is 71.2 Å². The summed E-state index contributed by atoms with van der Waals surface area (Å²) in [6.07, 6.45) is 0. The van der Waals surface area contributed by atoms with Crippen molar-refractivity contribution in [1.82, 2.24) is 4.90 Å². The minimum atomic E-state index is 0.461. The van der Waals surface area contributed by atoms with Crippen LogP contribution in [0.3, 0.4) is 0 Å². The Morgan fingerprint density at radius 2 is 2.17 bits per heavy atom. The van der Waals surface area contributed by atoms with Crippen LogP contribution in [0.15, 0.2) is 18.2 Å². The predicted octanol–water partition coefficient (Wildman–Crippen LogP) is 0.597. The number of hydrogen-bond acceptors (Lipinski definition) is 6. The van der Waals surface area contributed by atoms with E-state index in [1.165, 1.54) is 0 Å². The second kappa shape index (κ2) is 6.01. The van der Waals surface area contributed by atoms with Crippen LogP contribution in [0.2, 0.25) is 0 Å². The van der Waals surface area contributed by atoms with Gasteiger partial charge in [-0.1, -0.05) is 6.07 Å². The molecule has 0 unspecified atom stereocenters. The van der Waals surface area contributed by atoms with Crippen LogP contribution in [0.4, 0.5) is 5.69 Å². The molecule has 0 radical (unpaired) electrons. The third kappa shape index (κ3) is 3.11. The van der Waals surface area contributed by atoms with E-state index >= 15 is 0 Å². The molecule has 0 atom stereocenters. The van der Waals surface area contributed by atoms with Crippen molar-refractivity contribution in [3.05, 3.63) is 23.8 Å². The lowest BCUT2D eigenvalue weighted by molar-refractivity contribution is 0.0342. The van der Waals surface area contributed by atoms with Crippen LogP contribution in [-0.4, -0.2) is 43.5 Å². The lowest BCUT2D eigenvalue weighted by atomic mass is 10.1. The number of hydrazine groups is 1. The van der Waals surface area contributed by atoms with E-state index in [-0.39, 0.29) is 0 Å². The predicted molar refractivity (Wildman–Crippen MR) is 67.5 cm³/mol. The maximum absolute atomic E-state index is 9.36. The Hall–Kier alpha value is -1.34. The van der Waals surface area contributed by atoms with Crippen LogP contribution in [0.5, 0.6) is 5.75 Å². The summed E-state index contributed by atoms with van der Waals surface area (Å²) in [4.78, 5) is 2.30. The van der Waals surface area contributed by atoms with Gasteiger partial charge >= 0.3 is 0 Å². The average Bonchev–Trinajstić information content (AvgIpc) is 2.40. The van der Waals surface area contributed by atoms with E-state index in [4.69, 9.17) is 15.3 Å². The highest BCUT2D eigenvalue weighted by Gasteiger charge is 2.13. The number of morpholine rings is 1. The highest BCUT2D eigenvalue weighted by molar-refractivity contribution is 5.57. The molecule has 1 saturated heterocycles. The maximum Gasteiger partial charge on any atom is 0.146 e. The van der Waals surface area contributed by atoms with Gasteiger partial charge in [-0.15, -0.1) is 0 Å². The lowest BCUT2D eigenvalue weighted by Crippen LogP contribution is -2.35. The summed E-state index contributed by atoms with van der Waals surface area (Å²) in [6.45, 7) is 4.20. The summed E-state index contributed by atoms with van der Waals surface area (Å²) in [5.74, 6) is 5.91. The highest BCUT2D eigenvalue weighted by atomic mass is 16.5. The molecule has 0 bridgehead atoms. The molecule has 100 valence electrons. The average molecular weight is 253 g/mol. The van der Waals surface area contributed by atoms with E-state index in [1.807, 2.05) is 12.1 Å². The highest BCUT2D eigenvalue weighted by Crippen LogP contribution is 2.27. The Kier molecular flexibility index (Phi) is 4.38. The van der Waals surface area contributed by atoms with Gasteiger partial charge in [-0.05, 0) is 17.7 Å². The Bertz CT molecular complexity index is 392. The molecule has 0 aromatic heterocycles. The van der Waals surface area contributed by atoms with Gasteiger partial charge in [-0.3, -0.25) is 10.1 Å². The molecule has 6 nitrogen and oxygen atoms in total. The first-order chi connectivity index (χ1) is 8.70. The zero-order valence-electron chi connectivity index (χ0n) is 10.5. The summed E-state index contributed by atoms with van der Waals surface area (Å²) in [5, 5.41) is 9.95. The van der Waals surface area contributed by atoms with Crippen LogP contribution >= 0.6 is 0 Å². The first kappa shape index (κ1) is 13.1. The number of nitrogens with zero attached hydrogens (tertiary/aromatic N) is 2. The van der Waals surface area contributed by atoms with Crippen LogP contribution in [-0.2, 0) is 11.3 Å². The standard InChI is InChI=1S/C12H19N3O3/c1-17-12-3-2-10(8-11(12)15(13)16)9-14-4-6-18-7-5-14/h2-3,8,16H,4-7,9,13H2,1H3. The zero-order valence-corrected chi connectivity index (χ0v) is 10.5. The number of anilines is 1. The van der Waals surface area contributed by atoms with Crippen molar-refractivity contribution >= 4 is 5.69 Å². The fraction of sp³-hybridized carbons (Fsp3) is 0.500. The van der Waals surface area contributed by atoms with Crippen LogP contribution in [0.1, 0.15) is 5.56 Å². The van der Waals surface area contributed by atoms with Gasteiger partial charge in [0.1, 0.15) is 11.4 Å². The summed E-state index contributed by atoms with van der Waals surface area (Å²) in [5.41, 5.74) is 1.54. The van der Waals surface area contributed by atoms with E-state index in [0.717, 1.165) is 38.4 Å². The van der Waals surface area contributed by atoms with E-state index in [1.54, 1.807) is 13.2 Å². The molecule has 0 amide bonds. The van der Waals surface area contributed by atoms with Gasteiger partial charge in [0.25, 0.3) is 0 Å². The Morgan fingerprint density at radius 3 is 2.78 bits per heavy atom. The Labute approximate surface area is 106 Å². The van der Waals surface area contributed by atoms with E-state index in [2.05, 4.69) is 4.90 Å². The summed E-state index contributed by atoms with van der Waals surface area (Å²) >= 11 is 0. The van der Waals surface area contributed by atoms with Crippen molar-refractivity contribution in [1.29, 1.82) is 0 Å². The van der Waals surface area contributed by atoms with E-state index < -0.39 is 0 Å². The first-order valence-electron chi connectivity index (χ1n) is 5.91. The number of benzene rings is 1. The molecule has 1 fully saturated rings. The zero-order chi connectivity index (χ0) is 13.0. The van der Waals surface area contributed by atoms with Gasteiger partial charge in [0.2, 0.25) is 0 Å². The van der Waals surface area contributed by atoms with Gasteiger partial charge < -0.3 is 9.47 Å². The third-order valence-corrected chi connectivity index (χ3v) is 3.00. The minimum Gasteiger partial charge on any atom is -0.494 e. The molecule has 3 N–H and O–H groups in total. The van der Waals surface area contributed by atoms with Gasteiger partial charge in [0.05, 0.1) is 20.3 Å². The number of nitrogens with two attached hydrogens (primary N) is 1. The molecule has 1 aromatic carbocycles. The van der Waals surface area contributed by atoms with Crippen molar-refractivity contribution in [2.24, 2.45) is 5.84 Å². The number of hydrogen-bond donors (Lipinski definition) is 2. The van der Waals surface area contributed by atoms with Gasteiger partial charge in [-0.2, -0.15) is 5.17 Å². The Morgan fingerprint density at radius 1 is 1.44 bits per heavy atom. The molecule has 1 heterocycles. The number of methoxy groups -OCH3 is 1. The fourth-order valence-corrected chi connectivity index (χ4v) is 2.03. The molecule has 1 aromatic rings. The van der Waals surface area contributed by atoms with E-state index in [9.17, 15) is 5.21 Å². The van der Waals surface area contributed by atoms with Crippen LogP contribution in [0.25, 0.3) is 0 Å². The molecule has 2 rings (SSSR count). The largest absolute Gasteiger partial charge is 0.494 e. The van der Waals surface area contributed by atoms with Gasteiger partial charge in [-0.25, -0.2) is 5.84 Å². The van der Waals surface area contributed by atoms with Crippen molar-refractivity contribution in [2.75, 3.05) is 38.6 Å². The first-order valence-corrected chi connectivity index (χ1v) is 5.91. The van der Waals surface area contributed by atoms with Crippen LogP contribution in [0, 0.1) is 0 Å². The third-order valence-electron chi connectivity index (χ3n) is 3.00. The minimum absolute atomic E-state index is 0.461. The lowest BCUT2D eigenvalue weighted by Gasteiger charge is -2.27. The second-order valence-electron chi connectivity index (χ2n) is 4.24. The second-order valence-corrected chi connectivity index (χ2v) is 4.24. The van der Waals surface area contributed by atoms with Crippen molar-refractivity contribution in [2.45, 2.75) is 6.54 Å². The van der Waals surface area contributed by atoms with Crippen molar-refractivity contribution < 1.29 is 14.7 Å². The van der Waals surface area contributed by atoms with E-state index in [0.29, 0.717) is 16.6 Å². The van der Waals surface area contributed by atoms with Crippen molar-refractivity contribution in [3.8, 4) is 5.75 Å². The molecule has 0 aliphatic carbocycles. The van der Waals surface area contributed by atoms with Crippen molar-refractivity contribution in [3.63, 3.8) is 0 Å². The molecule has 18 heavy (non-hydrogen) atoms. The normalized spacial score (nSPS) is 16.6. The van der Waals surface area contributed by atoms with Gasteiger partial charge in [0, 0.05) is 19.6 Å². The Balaban J connectivity index is 2.10. The monoisotopic (exact) mass is 253 g/mol. The maximum atomic E-state index is 9.36. The molecular weight excluding hydrogens is 234 g/mol. The number of rotatable bonds is 4. The van der Waals surface area contributed by atoms with Gasteiger partial charge in [0.15, 0.2) is 0 Å². The molecule has 0 saturated carbocycles. The molecule has 1 aliphatic heterocycles. The quantitative estimate of drug-likeness (QED) is 0.605. The summed E-state index contributed by atoms with van der Waals surface area (Å²) in [7, 11) is 1.55. The molecule has 1 aliphatic rings. The summed E-state index contributed by atoms with van der Waals surface area (Å²) < 4.78 is 10.4.